The third-order valence-electron chi connectivity index (χ3n) is 5.49. The second kappa shape index (κ2) is 10.1. The third-order valence-corrected chi connectivity index (χ3v) is 7.68. The summed E-state index contributed by atoms with van der Waals surface area (Å²) >= 11 is 0. The van der Waals surface area contributed by atoms with Crippen molar-refractivity contribution in [1.29, 1.82) is 0 Å². The van der Waals surface area contributed by atoms with Crippen molar-refractivity contribution in [2.45, 2.75) is 22.4 Å². The summed E-state index contributed by atoms with van der Waals surface area (Å²) in [7, 11) is -7.62. The molecule has 14 heteroatoms. The number of nitrogens with one attached hydrogen (secondary N) is 1. The molecule has 196 valence electrons. The second-order valence-corrected chi connectivity index (χ2v) is 12.4. The van der Waals surface area contributed by atoms with Crippen molar-refractivity contribution in [3.05, 3.63) is 53.6 Å². The maximum atomic E-state index is 13.1. The lowest BCUT2D eigenvalue weighted by Gasteiger charge is -2.23. The lowest BCUT2D eigenvalue weighted by atomic mass is 10.2. The summed E-state index contributed by atoms with van der Waals surface area (Å²) in [6.07, 6.45) is -2.42. The summed E-state index contributed by atoms with van der Waals surface area (Å²) in [4.78, 5) is 27.8. The van der Waals surface area contributed by atoms with E-state index in [2.05, 4.69) is 5.32 Å². The number of alkyl halides is 3. The molecule has 2 aromatic carbocycles. The Hall–Kier alpha value is -3.13. The monoisotopic (exact) mass is 547 g/mol. The molecule has 2 aromatic rings. The predicted octanol–water partition coefficient (Wildman–Crippen LogP) is 2.89. The number of carbonyl (C=O) groups excluding carboxylic acids is 2. The average Bonchev–Trinajstić information content (AvgIpc) is 3.03. The number of rotatable bonds is 4. The van der Waals surface area contributed by atoms with Crippen molar-refractivity contribution in [2.75, 3.05) is 44.0 Å². The highest BCUT2D eigenvalue weighted by Gasteiger charge is 2.31. The molecular formula is C22H24F3N3O6S2. The van der Waals surface area contributed by atoms with Gasteiger partial charge in [-0.15, -0.1) is 0 Å². The van der Waals surface area contributed by atoms with Gasteiger partial charge in [0.1, 0.15) is 0 Å². The lowest BCUT2D eigenvalue weighted by Crippen LogP contribution is -2.39. The van der Waals surface area contributed by atoms with Crippen LogP contribution in [-0.4, -0.2) is 77.3 Å². The first kappa shape index (κ1) is 27.5. The van der Waals surface area contributed by atoms with Gasteiger partial charge in [-0.25, -0.2) is 21.6 Å². The quantitative estimate of drug-likeness (QED) is 0.629. The molecule has 1 N–H and O–H groups in total. The molecule has 0 bridgehead atoms. The topological polar surface area (TPSA) is 121 Å². The maximum Gasteiger partial charge on any atom is 0.416 e. The number of sulfone groups is 2. The van der Waals surface area contributed by atoms with Crippen LogP contribution in [0.1, 0.15) is 22.3 Å². The van der Waals surface area contributed by atoms with E-state index in [0.717, 1.165) is 42.8 Å². The van der Waals surface area contributed by atoms with Crippen molar-refractivity contribution in [1.82, 2.24) is 9.80 Å². The molecule has 1 heterocycles. The van der Waals surface area contributed by atoms with E-state index in [-0.39, 0.29) is 47.2 Å². The van der Waals surface area contributed by atoms with Crippen LogP contribution in [0.4, 0.5) is 23.7 Å². The highest BCUT2D eigenvalue weighted by atomic mass is 32.2. The van der Waals surface area contributed by atoms with Gasteiger partial charge in [0.15, 0.2) is 19.7 Å². The van der Waals surface area contributed by atoms with E-state index >= 15 is 0 Å². The van der Waals surface area contributed by atoms with Gasteiger partial charge in [-0.3, -0.25) is 4.79 Å². The van der Waals surface area contributed by atoms with Gasteiger partial charge in [-0.1, -0.05) is 6.07 Å². The van der Waals surface area contributed by atoms with Crippen LogP contribution in [0.15, 0.2) is 52.3 Å². The second-order valence-electron chi connectivity index (χ2n) is 8.38. The average molecular weight is 548 g/mol. The minimum atomic E-state index is -4.56. The molecule has 0 spiro atoms. The van der Waals surface area contributed by atoms with E-state index in [0.29, 0.717) is 6.42 Å². The number of carbonyl (C=O) groups is 2. The van der Waals surface area contributed by atoms with Crippen molar-refractivity contribution in [3.63, 3.8) is 0 Å². The summed E-state index contributed by atoms with van der Waals surface area (Å²) < 4.78 is 86.9. The maximum absolute atomic E-state index is 13.1. The first-order chi connectivity index (χ1) is 16.6. The SMILES string of the molecule is CS(=O)(=O)c1cc(C(=O)N2CCCN(C(=O)Nc3cccc(C(F)(F)F)c3)CC2)cc(S(C)(=O)=O)c1. The van der Waals surface area contributed by atoms with Gasteiger partial charge in [0.2, 0.25) is 0 Å². The number of hydrogen-bond donors (Lipinski definition) is 1. The van der Waals surface area contributed by atoms with Crippen LogP contribution in [0.25, 0.3) is 0 Å². The standard InChI is InChI=1S/C22H24F3N3O6S2/c1-35(31,32)18-11-15(12-19(14-18)36(2,33)34)20(29)27-7-4-8-28(10-9-27)21(30)26-17-6-3-5-16(13-17)22(23,24)25/h3,5-6,11-14H,4,7-10H2,1-2H3,(H,26,30). The minimum Gasteiger partial charge on any atom is -0.337 e. The van der Waals surface area contributed by atoms with E-state index in [9.17, 15) is 39.6 Å². The summed E-state index contributed by atoms with van der Waals surface area (Å²) in [6, 6.07) is 6.78. The first-order valence-corrected chi connectivity index (χ1v) is 14.4. The number of anilines is 1. The molecule has 1 fully saturated rings. The Morgan fingerprint density at radius 2 is 1.39 bits per heavy atom. The van der Waals surface area contributed by atoms with E-state index in [1.54, 1.807) is 0 Å². The molecular weight excluding hydrogens is 523 g/mol. The van der Waals surface area contributed by atoms with Crippen molar-refractivity contribution in [3.8, 4) is 0 Å². The van der Waals surface area contributed by atoms with Crippen LogP contribution < -0.4 is 5.32 Å². The first-order valence-electron chi connectivity index (χ1n) is 10.6. The number of urea groups is 1. The molecule has 1 saturated heterocycles. The van der Waals surface area contributed by atoms with Crippen LogP contribution in [0.3, 0.4) is 0 Å². The number of amides is 3. The fraction of sp³-hybridized carbons (Fsp3) is 0.364. The van der Waals surface area contributed by atoms with Gasteiger partial charge in [0.25, 0.3) is 5.91 Å². The van der Waals surface area contributed by atoms with Gasteiger partial charge in [0, 0.05) is 49.9 Å². The molecule has 36 heavy (non-hydrogen) atoms. The number of benzene rings is 2. The molecule has 1 aliphatic rings. The van der Waals surface area contributed by atoms with E-state index in [4.69, 9.17) is 0 Å². The number of halogens is 3. The van der Waals surface area contributed by atoms with Crippen molar-refractivity contribution >= 4 is 37.3 Å². The molecule has 0 atom stereocenters. The Morgan fingerprint density at radius 3 is 1.94 bits per heavy atom. The van der Waals surface area contributed by atoms with Crippen LogP contribution in [-0.2, 0) is 25.9 Å². The Bertz CT molecular complexity index is 1340. The molecule has 9 nitrogen and oxygen atoms in total. The summed E-state index contributed by atoms with van der Waals surface area (Å²) in [5.41, 5.74) is -1.06. The molecule has 3 rings (SSSR count). The largest absolute Gasteiger partial charge is 0.416 e. The van der Waals surface area contributed by atoms with Gasteiger partial charge in [0.05, 0.1) is 15.4 Å². The fourth-order valence-electron chi connectivity index (χ4n) is 3.61. The smallest absolute Gasteiger partial charge is 0.337 e. The Kier molecular flexibility index (Phi) is 7.69. The molecule has 0 unspecified atom stereocenters. The minimum absolute atomic E-state index is 0.0297. The van der Waals surface area contributed by atoms with Crippen molar-refractivity contribution < 1.29 is 39.6 Å². The van der Waals surface area contributed by atoms with Crippen LogP contribution in [0.5, 0.6) is 0 Å². The predicted molar refractivity (Wildman–Crippen MR) is 125 cm³/mol. The normalized spacial score (nSPS) is 15.4. The number of hydrogen-bond acceptors (Lipinski definition) is 6. The highest BCUT2D eigenvalue weighted by molar-refractivity contribution is 7.91. The molecule has 0 radical (unpaired) electrons. The molecule has 0 aromatic heterocycles. The molecule has 0 saturated carbocycles. The van der Waals surface area contributed by atoms with Crippen LogP contribution in [0, 0.1) is 0 Å². The Balaban J connectivity index is 1.75. The zero-order valence-corrected chi connectivity index (χ0v) is 21.0. The van der Waals surface area contributed by atoms with E-state index in [1.165, 1.54) is 21.9 Å². The van der Waals surface area contributed by atoms with Gasteiger partial charge in [-0.2, -0.15) is 13.2 Å². The van der Waals surface area contributed by atoms with Gasteiger partial charge < -0.3 is 15.1 Å². The molecule has 0 aliphatic carbocycles. The fourth-order valence-corrected chi connectivity index (χ4v) is 5.04. The van der Waals surface area contributed by atoms with Gasteiger partial charge >= 0.3 is 12.2 Å². The van der Waals surface area contributed by atoms with Crippen LogP contribution in [0.2, 0.25) is 0 Å². The summed E-state index contributed by atoms with van der Waals surface area (Å²) in [5, 5.41) is 2.43. The van der Waals surface area contributed by atoms with E-state index < -0.39 is 43.4 Å². The van der Waals surface area contributed by atoms with Gasteiger partial charge in [-0.05, 0) is 42.8 Å². The Morgan fingerprint density at radius 1 is 0.833 bits per heavy atom. The summed E-state index contributed by atoms with van der Waals surface area (Å²) in [6.45, 7) is 0.517. The lowest BCUT2D eigenvalue weighted by molar-refractivity contribution is -0.137. The Labute approximate surface area is 206 Å². The van der Waals surface area contributed by atoms with E-state index in [1.807, 2.05) is 0 Å². The highest BCUT2D eigenvalue weighted by Crippen LogP contribution is 2.30. The van der Waals surface area contributed by atoms with Crippen molar-refractivity contribution in [2.24, 2.45) is 0 Å². The third kappa shape index (κ3) is 6.75. The molecule has 3 amide bonds. The summed E-state index contributed by atoms with van der Waals surface area (Å²) in [5.74, 6) is -0.606. The van der Waals surface area contributed by atoms with Crippen LogP contribution >= 0.6 is 0 Å². The molecule has 1 aliphatic heterocycles. The number of nitrogens with zero attached hydrogens (tertiary/aromatic N) is 2. The zero-order chi connectivity index (χ0) is 26.9. The zero-order valence-electron chi connectivity index (χ0n) is 19.4.